The summed E-state index contributed by atoms with van der Waals surface area (Å²) < 4.78 is 0. The summed E-state index contributed by atoms with van der Waals surface area (Å²) in [5, 5.41) is 0. The van der Waals surface area contributed by atoms with Crippen molar-refractivity contribution < 1.29 is 0 Å². The quantitative estimate of drug-likeness (QED) is 0.0668. The second kappa shape index (κ2) is 28.6. The lowest BCUT2D eigenvalue weighted by Crippen LogP contribution is -2.43. The molecule has 0 aromatic heterocycles. The van der Waals surface area contributed by atoms with E-state index < -0.39 is 0 Å². The number of hydrogen-bond acceptors (Lipinski definition) is 0. The molecule has 238 valence electrons. The SMILES string of the molecule is C#CCCCCC(CC#CCCC)(C(=C=CCCCCC)CC#CCCCC)C(C#CCCCC)(CCC#C)CCCC#C. The fraction of sp³-hybridized carbons (Fsp3) is 0.659. The molecule has 0 aliphatic rings. The Morgan fingerprint density at radius 2 is 1.20 bits per heavy atom. The predicted octanol–water partition coefficient (Wildman–Crippen LogP) is 12.0. The Labute approximate surface area is 275 Å². The van der Waals surface area contributed by atoms with Gasteiger partial charge in [-0.3, -0.25) is 0 Å². The van der Waals surface area contributed by atoms with Crippen LogP contribution in [0.2, 0.25) is 0 Å². The Kier molecular flexibility index (Phi) is 26.6. The Balaban J connectivity index is 7.71. The van der Waals surface area contributed by atoms with Crippen molar-refractivity contribution in [2.24, 2.45) is 10.8 Å². The van der Waals surface area contributed by atoms with Gasteiger partial charge in [0.1, 0.15) is 0 Å². The van der Waals surface area contributed by atoms with E-state index in [1.54, 1.807) is 0 Å². The van der Waals surface area contributed by atoms with Crippen molar-refractivity contribution in [3.63, 3.8) is 0 Å². The van der Waals surface area contributed by atoms with Gasteiger partial charge in [-0.15, -0.1) is 66.4 Å². The lowest BCUT2D eigenvalue weighted by Gasteiger charge is -2.49. The molecule has 44 heavy (non-hydrogen) atoms. The molecule has 0 heteroatoms. The number of unbranched alkanes of at least 4 members (excludes halogenated alkanes) is 11. The maximum Gasteiger partial charge on any atom is 0.0432 e. The highest BCUT2D eigenvalue weighted by Gasteiger charge is 2.51. The van der Waals surface area contributed by atoms with Crippen molar-refractivity contribution in [1.82, 2.24) is 0 Å². The average Bonchev–Trinajstić information content (AvgIpc) is 3.03. The van der Waals surface area contributed by atoms with E-state index in [4.69, 9.17) is 19.3 Å². The highest BCUT2D eigenvalue weighted by molar-refractivity contribution is 5.34. The maximum absolute atomic E-state index is 5.99. The van der Waals surface area contributed by atoms with Gasteiger partial charge < -0.3 is 0 Å². The minimum atomic E-state index is -0.369. The highest BCUT2D eigenvalue weighted by Crippen LogP contribution is 2.57. The Hall–Kier alpha value is -3.12. The maximum atomic E-state index is 5.99. The van der Waals surface area contributed by atoms with Crippen LogP contribution in [0, 0.1) is 83.4 Å². The summed E-state index contributed by atoms with van der Waals surface area (Å²) >= 11 is 0. The molecule has 0 saturated heterocycles. The molecule has 0 spiro atoms. The summed E-state index contributed by atoms with van der Waals surface area (Å²) in [6.45, 7) is 8.88. The molecule has 0 rings (SSSR count). The van der Waals surface area contributed by atoms with Gasteiger partial charge in [0.05, 0.1) is 0 Å². The molecule has 0 fully saturated rings. The molecule has 0 amide bonds. The predicted molar refractivity (Wildman–Crippen MR) is 195 cm³/mol. The zero-order valence-electron chi connectivity index (χ0n) is 29.1. The van der Waals surface area contributed by atoms with Crippen LogP contribution in [0.4, 0.5) is 0 Å². The molecular formula is C44H62. The molecule has 0 bridgehead atoms. The lowest BCUT2D eigenvalue weighted by molar-refractivity contribution is 0.0974. The number of allylic oxidation sites excluding steroid dienone is 1. The normalized spacial score (nSPS) is 12.5. The van der Waals surface area contributed by atoms with Gasteiger partial charge in [0.25, 0.3) is 0 Å². The van der Waals surface area contributed by atoms with Crippen molar-refractivity contribution >= 4 is 0 Å². The molecule has 0 aliphatic carbocycles. The fourth-order valence-electron chi connectivity index (χ4n) is 5.80. The van der Waals surface area contributed by atoms with Crippen LogP contribution < -0.4 is 0 Å². The molecule has 0 radical (unpaired) electrons. The highest BCUT2D eigenvalue weighted by atomic mass is 14.5. The average molecular weight is 591 g/mol. The molecule has 0 saturated carbocycles. The third kappa shape index (κ3) is 16.7. The molecule has 0 nitrogen and oxygen atoms in total. The third-order valence-corrected chi connectivity index (χ3v) is 8.44. The second-order valence-corrected chi connectivity index (χ2v) is 12.0. The van der Waals surface area contributed by atoms with Crippen LogP contribution in [-0.4, -0.2) is 0 Å². The van der Waals surface area contributed by atoms with E-state index in [0.717, 1.165) is 116 Å². The third-order valence-electron chi connectivity index (χ3n) is 8.44. The molecule has 0 aromatic rings. The zero-order chi connectivity index (χ0) is 32.6. The van der Waals surface area contributed by atoms with Crippen LogP contribution >= 0.6 is 0 Å². The standard InChI is InChI=1S/C44H62/c1-8-15-22-27-29-35-42(36-30-28-23-16-9-2)44(40-33-25-18-11-4,41-34-26-19-12-5)43(37-21-14-7,38-31-20-13-6)39-32-24-17-10-3/h4,6-7,29H,8-10,12,15-25,27,31,33,36-38,40-41H2,1-3,5H3. The molecule has 2 atom stereocenters. The largest absolute Gasteiger partial charge is 0.124 e. The molecular weight excluding hydrogens is 528 g/mol. The summed E-state index contributed by atoms with van der Waals surface area (Å²) in [4.78, 5) is 0. The van der Waals surface area contributed by atoms with Gasteiger partial charge in [0, 0.05) is 62.2 Å². The van der Waals surface area contributed by atoms with Gasteiger partial charge in [-0.1, -0.05) is 71.6 Å². The zero-order valence-corrected chi connectivity index (χ0v) is 29.1. The first-order chi connectivity index (χ1) is 21.6. The lowest BCUT2D eigenvalue weighted by atomic mass is 9.52. The van der Waals surface area contributed by atoms with Crippen molar-refractivity contribution in [3.05, 3.63) is 17.4 Å². The summed E-state index contributed by atoms with van der Waals surface area (Å²) in [7, 11) is 0. The van der Waals surface area contributed by atoms with E-state index in [1.165, 1.54) is 24.8 Å². The smallest absolute Gasteiger partial charge is 0.0432 e. The minimum absolute atomic E-state index is 0.340. The molecule has 0 aromatic carbocycles. The Bertz CT molecular complexity index is 1130. The Morgan fingerprint density at radius 3 is 1.86 bits per heavy atom. The number of rotatable bonds is 22. The molecule has 0 heterocycles. The fourth-order valence-corrected chi connectivity index (χ4v) is 5.80. The van der Waals surface area contributed by atoms with Gasteiger partial charge >= 0.3 is 0 Å². The van der Waals surface area contributed by atoms with Crippen LogP contribution in [-0.2, 0) is 0 Å². The van der Waals surface area contributed by atoms with Crippen molar-refractivity contribution in [3.8, 4) is 72.6 Å². The first-order valence-corrected chi connectivity index (χ1v) is 17.7. The van der Waals surface area contributed by atoms with Crippen molar-refractivity contribution in [2.75, 3.05) is 0 Å². The minimum Gasteiger partial charge on any atom is -0.124 e. The van der Waals surface area contributed by atoms with Crippen LogP contribution in [0.1, 0.15) is 175 Å². The number of hydrogen-bond donors (Lipinski definition) is 0. The first kappa shape index (κ1) is 40.9. The van der Waals surface area contributed by atoms with Crippen molar-refractivity contribution in [2.45, 2.75) is 175 Å². The summed E-state index contributed by atoms with van der Waals surface area (Å²) in [5.41, 5.74) is 4.43. The van der Waals surface area contributed by atoms with Crippen LogP contribution in [0.3, 0.4) is 0 Å². The number of terminal acetylenes is 3. The van der Waals surface area contributed by atoms with E-state index in [2.05, 4.69) is 92.8 Å². The van der Waals surface area contributed by atoms with Crippen LogP contribution in [0.15, 0.2) is 17.4 Å². The summed E-state index contributed by atoms with van der Waals surface area (Å²) in [5.74, 6) is 30.5. The van der Waals surface area contributed by atoms with Gasteiger partial charge in [0.2, 0.25) is 0 Å². The Morgan fingerprint density at radius 1 is 0.545 bits per heavy atom. The molecule has 0 N–H and O–H groups in total. The van der Waals surface area contributed by atoms with E-state index >= 15 is 0 Å². The van der Waals surface area contributed by atoms with Gasteiger partial charge in [-0.05, 0) is 75.9 Å². The van der Waals surface area contributed by atoms with Gasteiger partial charge in [0.15, 0.2) is 0 Å². The summed E-state index contributed by atoms with van der Waals surface area (Å²) in [6.07, 6.45) is 41.8. The van der Waals surface area contributed by atoms with E-state index in [-0.39, 0.29) is 10.8 Å². The monoisotopic (exact) mass is 590 g/mol. The first-order valence-electron chi connectivity index (χ1n) is 17.7. The van der Waals surface area contributed by atoms with E-state index in [0.29, 0.717) is 12.8 Å². The summed E-state index contributed by atoms with van der Waals surface area (Å²) in [6, 6.07) is 0. The van der Waals surface area contributed by atoms with Crippen LogP contribution in [0.5, 0.6) is 0 Å². The topological polar surface area (TPSA) is 0 Å². The van der Waals surface area contributed by atoms with Crippen LogP contribution in [0.25, 0.3) is 0 Å². The van der Waals surface area contributed by atoms with Gasteiger partial charge in [-0.25, -0.2) is 0 Å². The molecule has 0 aliphatic heterocycles. The van der Waals surface area contributed by atoms with Gasteiger partial charge in [-0.2, -0.15) is 0 Å². The second-order valence-electron chi connectivity index (χ2n) is 12.0. The van der Waals surface area contributed by atoms with E-state index in [1.807, 2.05) is 0 Å². The molecule has 2 unspecified atom stereocenters. The van der Waals surface area contributed by atoms with Crippen molar-refractivity contribution in [1.29, 1.82) is 0 Å². The van der Waals surface area contributed by atoms with E-state index in [9.17, 15) is 0 Å².